The molecule has 2 amide bonds. The molecule has 0 aliphatic carbocycles. The van der Waals surface area contributed by atoms with Gasteiger partial charge >= 0.3 is 11.8 Å². The monoisotopic (exact) mass is 499 g/mol. The molecule has 0 heterocycles. The molecule has 3 aromatic rings. The van der Waals surface area contributed by atoms with E-state index in [2.05, 4.69) is 15.8 Å². The van der Waals surface area contributed by atoms with Crippen LogP contribution in [0.1, 0.15) is 29.7 Å². The molecule has 34 heavy (non-hydrogen) atoms. The van der Waals surface area contributed by atoms with E-state index in [1.54, 1.807) is 37.3 Å². The van der Waals surface area contributed by atoms with Crippen LogP contribution >= 0.6 is 23.2 Å². The molecule has 0 aromatic heterocycles. The molecule has 9 heteroatoms. The summed E-state index contributed by atoms with van der Waals surface area (Å²) >= 11 is 12.0. The van der Waals surface area contributed by atoms with Crippen molar-refractivity contribution in [2.75, 3.05) is 7.11 Å². The van der Waals surface area contributed by atoms with E-state index in [4.69, 9.17) is 32.7 Å². The lowest BCUT2D eigenvalue weighted by molar-refractivity contribution is -0.139. The number of carbonyl (C=O) groups excluding carboxylic acids is 2. The summed E-state index contributed by atoms with van der Waals surface area (Å²) in [7, 11) is 1.52. The quantitative estimate of drug-likeness (QED) is 0.261. The maximum atomic E-state index is 12.1. The third-order valence-electron chi connectivity index (χ3n) is 4.80. The summed E-state index contributed by atoms with van der Waals surface area (Å²) in [4.78, 5) is 24.1. The fourth-order valence-electron chi connectivity index (χ4n) is 2.98. The summed E-state index contributed by atoms with van der Waals surface area (Å²) in [5.41, 5.74) is 4.60. The standard InChI is InChI=1S/C25H23Cl2N3O4/c1-16(19-6-4-3-5-7-19)29-24(31)25(32)30-28-14-17-9-11-22(23(13-17)33-2)34-15-18-8-10-20(26)21(27)12-18/h3-14,16H,15H2,1-2H3,(H,29,31)(H,30,32)/b28-14-/t16-/m1/s1. The van der Waals surface area contributed by atoms with E-state index >= 15 is 0 Å². The third kappa shape index (κ3) is 6.97. The summed E-state index contributed by atoms with van der Waals surface area (Å²) < 4.78 is 11.2. The molecule has 7 nitrogen and oxygen atoms in total. The number of carbonyl (C=O) groups is 2. The van der Waals surface area contributed by atoms with Gasteiger partial charge in [-0.25, -0.2) is 5.43 Å². The molecular formula is C25H23Cl2N3O4. The topological polar surface area (TPSA) is 89.0 Å². The zero-order chi connectivity index (χ0) is 24.5. The van der Waals surface area contributed by atoms with Crippen LogP contribution < -0.4 is 20.2 Å². The molecule has 1 atom stereocenters. The van der Waals surface area contributed by atoms with Crippen molar-refractivity contribution in [2.24, 2.45) is 5.10 Å². The lowest BCUT2D eigenvalue weighted by Crippen LogP contribution is -2.39. The van der Waals surface area contributed by atoms with E-state index in [9.17, 15) is 9.59 Å². The highest BCUT2D eigenvalue weighted by molar-refractivity contribution is 6.42. The minimum Gasteiger partial charge on any atom is -0.493 e. The smallest absolute Gasteiger partial charge is 0.329 e. The Morgan fingerprint density at radius 1 is 0.971 bits per heavy atom. The number of benzene rings is 3. The molecule has 0 aliphatic rings. The average molecular weight is 500 g/mol. The first kappa shape index (κ1) is 25.1. The van der Waals surface area contributed by atoms with E-state index in [1.807, 2.05) is 36.4 Å². The summed E-state index contributed by atoms with van der Waals surface area (Å²) in [5, 5.41) is 7.40. The second-order valence-electron chi connectivity index (χ2n) is 7.25. The van der Waals surface area contributed by atoms with Crippen molar-refractivity contribution in [2.45, 2.75) is 19.6 Å². The number of methoxy groups -OCH3 is 1. The van der Waals surface area contributed by atoms with Crippen LogP contribution in [0.5, 0.6) is 11.5 Å². The normalized spacial score (nSPS) is 11.6. The van der Waals surface area contributed by atoms with Gasteiger partial charge in [0.15, 0.2) is 11.5 Å². The summed E-state index contributed by atoms with van der Waals surface area (Å²) in [6.07, 6.45) is 1.40. The molecule has 0 aliphatic heterocycles. The van der Waals surface area contributed by atoms with Gasteiger partial charge in [0.05, 0.1) is 29.4 Å². The van der Waals surface area contributed by atoms with Crippen molar-refractivity contribution < 1.29 is 19.1 Å². The van der Waals surface area contributed by atoms with E-state index in [-0.39, 0.29) is 12.6 Å². The van der Waals surface area contributed by atoms with E-state index in [0.29, 0.717) is 27.1 Å². The first-order valence-electron chi connectivity index (χ1n) is 10.3. The van der Waals surface area contributed by atoms with Crippen LogP contribution in [-0.4, -0.2) is 25.1 Å². The Bertz CT molecular complexity index is 1190. The van der Waals surface area contributed by atoms with Crippen LogP contribution in [0.4, 0.5) is 0 Å². The summed E-state index contributed by atoms with van der Waals surface area (Å²) in [5.74, 6) is -0.654. The van der Waals surface area contributed by atoms with Crippen molar-refractivity contribution in [3.63, 3.8) is 0 Å². The highest BCUT2D eigenvalue weighted by Crippen LogP contribution is 2.29. The molecule has 176 valence electrons. The van der Waals surface area contributed by atoms with Gasteiger partial charge in [-0.05, 0) is 53.9 Å². The number of hydrogen-bond acceptors (Lipinski definition) is 5. The number of rotatable bonds is 8. The fourth-order valence-corrected chi connectivity index (χ4v) is 3.30. The molecule has 0 unspecified atom stereocenters. The fraction of sp³-hybridized carbons (Fsp3) is 0.160. The lowest BCUT2D eigenvalue weighted by Gasteiger charge is -2.13. The predicted octanol–water partition coefficient (Wildman–Crippen LogP) is 4.91. The zero-order valence-corrected chi connectivity index (χ0v) is 20.1. The van der Waals surface area contributed by atoms with Crippen LogP contribution in [0.25, 0.3) is 0 Å². The highest BCUT2D eigenvalue weighted by atomic mass is 35.5. The average Bonchev–Trinajstić information content (AvgIpc) is 2.85. The Labute approximate surface area is 207 Å². The first-order chi connectivity index (χ1) is 16.4. The molecule has 3 aromatic carbocycles. The van der Waals surface area contributed by atoms with Gasteiger partial charge in [0.25, 0.3) is 0 Å². The van der Waals surface area contributed by atoms with Gasteiger partial charge in [0.1, 0.15) is 6.61 Å². The Morgan fingerprint density at radius 3 is 2.44 bits per heavy atom. The highest BCUT2D eigenvalue weighted by Gasteiger charge is 2.16. The molecule has 0 saturated heterocycles. The van der Waals surface area contributed by atoms with Crippen LogP contribution in [0.3, 0.4) is 0 Å². The van der Waals surface area contributed by atoms with Gasteiger partial charge in [-0.3, -0.25) is 9.59 Å². The number of ether oxygens (including phenoxy) is 2. The minimum atomic E-state index is -0.868. The van der Waals surface area contributed by atoms with Crippen molar-refractivity contribution >= 4 is 41.2 Å². The molecule has 0 saturated carbocycles. The van der Waals surface area contributed by atoms with Gasteiger partial charge in [-0.15, -0.1) is 0 Å². The Kier molecular flexibility index (Phi) is 8.90. The van der Waals surface area contributed by atoms with E-state index < -0.39 is 11.8 Å². The SMILES string of the molecule is COc1cc(/C=N\NC(=O)C(=O)N[C@H](C)c2ccccc2)ccc1OCc1ccc(Cl)c(Cl)c1. The Hall–Kier alpha value is -3.55. The Balaban J connectivity index is 1.55. The van der Waals surface area contributed by atoms with Crippen molar-refractivity contribution in [1.82, 2.24) is 10.7 Å². The largest absolute Gasteiger partial charge is 0.493 e. The molecule has 0 spiro atoms. The minimum absolute atomic E-state index is 0.271. The zero-order valence-electron chi connectivity index (χ0n) is 18.5. The van der Waals surface area contributed by atoms with E-state index in [0.717, 1.165) is 11.1 Å². The number of amides is 2. The maximum Gasteiger partial charge on any atom is 0.329 e. The van der Waals surface area contributed by atoms with Crippen LogP contribution in [-0.2, 0) is 16.2 Å². The Morgan fingerprint density at radius 2 is 1.74 bits per heavy atom. The number of hydrazone groups is 1. The van der Waals surface area contributed by atoms with Crippen LogP contribution in [0.15, 0.2) is 71.8 Å². The number of nitrogens with one attached hydrogen (secondary N) is 2. The summed E-state index contributed by atoms with van der Waals surface area (Å²) in [6.45, 7) is 2.06. The van der Waals surface area contributed by atoms with Gasteiger partial charge < -0.3 is 14.8 Å². The molecule has 0 fully saturated rings. The van der Waals surface area contributed by atoms with E-state index in [1.165, 1.54) is 13.3 Å². The summed E-state index contributed by atoms with van der Waals surface area (Å²) in [6, 6.07) is 19.4. The second kappa shape index (κ2) is 12.1. The first-order valence-corrected chi connectivity index (χ1v) is 11.1. The molecule has 2 N–H and O–H groups in total. The van der Waals surface area contributed by atoms with Crippen LogP contribution in [0.2, 0.25) is 10.0 Å². The number of nitrogens with zero attached hydrogens (tertiary/aromatic N) is 1. The van der Waals surface area contributed by atoms with Crippen molar-refractivity contribution in [3.05, 3.63) is 93.5 Å². The second-order valence-corrected chi connectivity index (χ2v) is 8.07. The van der Waals surface area contributed by atoms with Crippen molar-refractivity contribution in [3.8, 4) is 11.5 Å². The molecular weight excluding hydrogens is 477 g/mol. The molecule has 0 bridgehead atoms. The predicted molar refractivity (Wildman–Crippen MR) is 133 cm³/mol. The lowest BCUT2D eigenvalue weighted by atomic mass is 10.1. The molecule has 0 radical (unpaired) electrons. The molecule has 3 rings (SSSR count). The van der Waals surface area contributed by atoms with Gasteiger partial charge in [-0.1, -0.05) is 59.6 Å². The van der Waals surface area contributed by atoms with Gasteiger partial charge in [0.2, 0.25) is 0 Å². The third-order valence-corrected chi connectivity index (χ3v) is 5.54. The number of hydrogen-bond donors (Lipinski definition) is 2. The maximum absolute atomic E-state index is 12.1. The van der Waals surface area contributed by atoms with Gasteiger partial charge in [0, 0.05) is 0 Å². The van der Waals surface area contributed by atoms with Gasteiger partial charge in [-0.2, -0.15) is 5.10 Å². The van der Waals surface area contributed by atoms with Crippen molar-refractivity contribution in [1.29, 1.82) is 0 Å². The number of halogens is 2. The van der Waals surface area contributed by atoms with Crippen LogP contribution in [0, 0.1) is 0 Å².